The Morgan fingerprint density at radius 1 is 1.16 bits per heavy atom. The van der Waals surface area contributed by atoms with Gasteiger partial charge >= 0.3 is 6.03 Å². The molecule has 2 N–H and O–H groups in total. The van der Waals surface area contributed by atoms with E-state index in [0.717, 1.165) is 11.1 Å². The summed E-state index contributed by atoms with van der Waals surface area (Å²) in [6, 6.07) is 16.6. The number of rotatable bonds is 7. The molecule has 31 heavy (non-hydrogen) atoms. The van der Waals surface area contributed by atoms with Gasteiger partial charge in [0.15, 0.2) is 11.5 Å². The van der Waals surface area contributed by atoms with E-state index in [1.54, 1.807) is 24.3 Å². The average Bonchev–Trinajstić information content (AvgIpc) is 2.75. The lowest BCUT2D eigenvalue weighted by Crippen LogP contribution is -2.24. The van der Waals surface area contributed by atoms with Crippen LogP contribution in [0.2, 0.25) is 0 Å². The Balaban J connectivity index is 1.64. The van der Waals surface area contributed by atoms with Gasteiger partial charge in [0.05, 0.1) is 17.8 Å². The number of ether oxygens (including phenoxy) is 2. The van der Waals surface area contributed by atoms with Crippen molar-refractivity contribution in [3.8, 4) is 11.5 Å². The Kier molecular flexibility index (Phi) is 7.61. The van der Waals surface area contributed by atoms with Crippen LogP contribution in [0.25, 0.3) is 0 Å². The first-order valence-electron chi connectivity index (χ1n) is 9.36. The maximum absolute atomic E-state index is 13.0. The van der Waals surface area contributed by atoms with Crippen molar-refractivity contribution < 1.29 is 18.7 Å². The minimum absolute atomic E-state index is 0.253. The molecule has 0 unspecified atom stereocenters. The number of carbonyl (C=O) groups is 1. The quantitative estimate of drug-likeness (QED) is 0.336. The molecular weight excluding hydrogens is 465 g/mol. The first-order chi connectivity index (χ1) is 15.0. The summed E-state index contributed by atoms with van der Waals surface area (Å²) in [6.07, 6.45) is 1.49. The molecule has 6 nitrogen and oxygen atoms in total. The number of nitrogens with zero attached hydrogens (tertiary/aromatic N) is 1. The first kappa shape index (κ1) is 22.3. The molecule has 0 aliphatic carbocycles. The number of urea groups is 1. The van der Waals surface area contributed by atoms with Crippen molar-refractivity contribution in [1.29, 1.82) is 0 Å². The lowest BCUT2D eigenvalue weighted by Gasteiger charge is -2.13. The molecule has 2 amide bonds. The molecule has 0 spiro atoms. The standard InChI is InChI=1S/C23H21BrFN3O3/c1-15-5-3-4-6-20(15)27-23(29)28-26-13-17-11-19(24)22(21(12-17)30-2)31-14-16-7-9-18(25)10-8-16/h3-13H,14H2,1-2H3,(H2,27,28,29). The van der Waals surface area contributed by atoms with Crippen LogP contribution in [0.5, 0.6) is 11.5 Å². The Morgan fingerprint density at radius 2 is 1.90 bits per heavy atom. The Labute approximate surface area is 188 Å². The van der Waals surface area contributed by atoms with Gasteiger partial charge in [-0.15, -0.1) is 0 Å². The van der Waals surface area contributed by atoms with Crippen LogP contribution >= 0.6 is 15.9 Å². The second kappa shape index (κ2) is 10.6. The minimum Gasteiger partial charge on any atom is -0.493 e. The Bertz CT molecular complexity index is 1090. The SMILES string of the molecule is COc1cc(C=NNC(=O)Nc2ccccc2C)cc(Br)c1OCc1ccc(F)cc1. The number of para-hydroxylation sites is 1. The lowest BCUT2D eigenvalue weighted by atomic mass is 10.2. The number of carbonyl (C=O) groups excluding carboxylic acids is 1. The third kappa shape index (κ3) is 6.29. The molecule has 0 saturated carbocycles. The molecule has 0 atom stereocenters. The van der Waals surface area contributed by atoms with Gasteiger partial charge < -0.3 is 14.8 Å². The summed E-state index contributed by atoms with van der Waals surface area (Å²) >= 11 is 3.47. The highest BCUT2D eigenvalue weighted by Crippen LogP contribution is 2.36. The van der Waals surface area contributed by atoms with Crippen molar-refractivity contribution in [3.63, 3.8) is 0 Å². The average molecular weight is 486 g/mol. The van der Waals surface area contributed by atoms with E-state index in [2.05, 4.69) is 31.8 Å². The monoisotopic (exact) mass is 485 g/mol. The number of aryl methyl sites for hydroxylation is 1. The van der Waals surface area contributed by atoms with Gasteiger partial charge in [-0.25, -0.2) is 14.6 Å². The van der Waals surface area contributed by atoms with Crippen molar-refractivity contribution >= 4 is 33.9 Å². The Morgan fingerprint density at radius 3 is 2.61 bits per heavy atom. The molecule has 0 aliphatic heterocycles. The van der Waals surface area contributed by atoms with Crippen molar-refractivity contribution in [2.45, 2.75) is 13.5 Å². The highest BCUT2D eigenvalue weighted by Gasteiger charge is 2.12. The van der Waals surface area contributed by atoms with E-state index >= 15 is 0 Å². The highest BCUT2D eigenvalue weighted by atomic mass is 79.9. The van der Waals surface area contributed by atoms with E-state index in [-0.39, 0.29) is 12.4 Å². The molecule has 0 radical (unpaired) electrons. The molecule has 0 saturated heterocycles. The van der Waals surface area contributed by atoms with E-state index < -0.39 is 6.03 Å². The minimum atomic E-state index is -0.448. The van der Waals surface area contributed by atoms with Gasteiger partial charge in [0.1, 0.15) is 12.4 Å². The molecule has 3 aromatic carbocycles. The van der Waals surface area contributed by atoms with Crippen molar-refractivity contribution in [1.82, 2.24) is 5.43 Å². The topological polar surface area (TPSA) is 72.0 Å². The van der Waals surface area contributed by atoms with Crippen LogP contribution in [0, 0.1) is 12.7 Å². The number of hydrogen-bond acceptors (Lipinski definition) is 4. The third-order valence-electron chi connectivity index (χ3n) is 4.32. The number of hydrazone groups is 1. The summed E-state index contributed by atoms with van der Waals surface area (Å²) in [5.41, 5.74) is 5.60. The fraction of sp³-hybridized carbons (Fsp3) is 0.130. The molecule has 0 aromatic heterocycles. The van der Waals surface area contributed by atoms with Crippen LogP contribution in [-0.2, 0) is 6.61 Å². The second-order valence-corrected chi connectivity index (χ2v) is 7.44. The number of hydrogen-bond donors (Lipinski definition) is 2. The maximum atomic E-state index is 13.0. The van der Waals surface area contributed by atoms with Gasteiger partial charge in [0.2, 0.25) is 0 Å². The van der Waals surface area contributed by atoms with Crippen LogP contribution in [0.15, 0.2) is 70.2 Å². The van der Waals surface area contributed by atoms with Gasteiger partial charge in [0.25, 0.3) is 0 Å². The van der Waals surface area contributed by atoms with Gasteiger partial charge in [-0.2, -0.15) is 5.10 Å². The summed E-state index contributed by atoms with van der Waals surface area (Å²) in [4.78, 5) is 12.0. The van der Waals surface area contributed by atoms with Crippen LogP contribution in [-0.4, -0.2) is 19.4 Å². The van der Waals surface area contributed by atoms with Crippen LogP contribution in [0.1, 0.15) is 16.7 Å². The normalized spacial score (nSPS) is 10.7. The van der Waals surface area contributed by atoms with E-state index in [1.165, 1.54) is 25.5 Å². The fourth-order valence-electron chi connectivity index (χ4n) is 2.72. The predicted octanol–water partition coefficient (Wildman–Crippen LogP) is 5.64. The zero-order valence-corrected chi connectivity index (χ0v) is 18.6. The maximum Gasteiger partial charge on any atom is 0.339 e. The predicted molar refractivity (Wildman–Crippen MR) is 122 cm³/mol. The van der Waals surface area contributed by atoms with Gasteiger partial charge in [-0.3, -0.25) is 0 Å². The number of anilines is 1. The summed E-state index contributed by atoms with van der Waals surface area (Å²) in [5, 5.41) is 6.71. The first-order valence-corrected chi connectivity index (χ1v) is 10.2. The smallest absolute Gasteiger partial charge is 0.339 e. The molecule has 160 valence electrons. The second-order valence-electron chi connectivity index (χ2n) is 6.59. The number of halogens is 2. The van der Waals surface area contributed by atoms with Crippen LogP contribution in [0.4, 0.5) is 14.9 Å². The zero-order chi connectivity index (χ0) is 22.2. The van der Waals surface area contributed by atoms with E-state index in [4.69, 9.17) is 9.47 Å². The summed E-state index contributed by atoms with van der Waals surface area (Å²) in [6.45, 7) is 2.16. The largest absolute Gasteiger partial charge is 0.493 e. The Hall–Kier alpha value is -3.39. The molecule has 0 fully saturated rings. The van der Waals surface area contributed by atoms with Crippen molar-refractivity contribution in [2.24, 2.45) is 5.10 Å². The van der Waals surface area contributed by atoms with E-state index in [1.807, 2.05) is 31.2 Å². The highest BCUT2D eigenvalue weighted by molar-refractivity contribution is 9.10. The van der Waals surface area contributed by atoms with Gasteiger partial charge in [0, 0.05) is 5.69 Å². The molecular formula is C23H21BrFN3O3. The number of benzene rings is 3. The lowest BCUT2D eigenvalue weighted by molar-refractivity contribution is 0.252. The molecule has 8 heteroatoms. The zero-order valence-electron chi connectivity index (χ0n) is 17.0. The number of amides is 2. The molecule has 0 bridgehead atoms. The van der Waals surface area contributed by atoms with Gasteiger partial charge in [-0.1, -0.05) is 30.3 Å². The summed E-state index contributed by atoms with van der Waals surface area (Å²) < 4.78 is 25.0. The third-order valence-corrected chi connectivity index (χ3v) is 4.91. The van der Waals surface area contributed by atoms with Crippen LogP contribution < -0.4 is 20.2 Å². The van der Waals surface area contributed by atoms with Crippen molar-refractivity contribution in [2.75, 3.05) is 12.4 Å². The number of nitrogens with one attached hydrogen (secondary N) is 2. The van der Waals surface area contributed by atoms with Crippen molar-refractivity contribution in [3.05, 3.63) is 87.6 Å². The van der Waals surface area contributed by atoms with Gasteiger partial charge in [-0.05, 0) is 69.9 Å². The number of methoxy groups -OCH3 is 1. The van der Waals surface area contributed by atoms with Crippen LogP contribution in [0.3, 0.4) is 0 Å². The fourth-order valence-corrected chi connectivity index (χ4v) is 3.29. The van der Waals surface area contributed by atoms with E-state index in [0.29, 0.717) is 27.2 Å². The molecule has 3 rings (SSSR count). The molecule has 3 aromatic rings. The molecule has 0 heterocycles. The molecule has 0 aliphatic rings. The van der Waals surface area contributed by atoms with E-state index in [9.17, 15) is 9.18 Å². The summed E-state index contributed by atoms with van der Waals surface area (Å²) in [7, 11) is 1.53. The summed E-state index contributed by atoms with van der Waals surface area (Å²) in [5.74, 6) is 0.698.